The lowest BCUT2D eigenvalue weighted by molar-refractivity contribution is 0.0527. The summed E-state index contributed by atoms with van der Waals surface area (Å²) in [5, 5.41) is 4.81. The van der Waals surface area contributed by atoms with Crippen LogP contribution in [0.2, 0.25) is 0 Å². The summed E-state index contributed by atoms with van der Waals surface area (Å²) in [4.78, 5) is 23.0. The van der Waals surface area contributed by atoms with Gasteiger partial charge in [0.25, 0.3) is 0 Å². The molecule has 3 aromatic rings. The van der Waals surface area contributed by atoms with Crippen LogP contribution < -0.4 is 4.90 Å². The van der Waals surface area contributed by atoms with Crippen molar-refractivity contribution in [3.8, 4) is 0 Å². The van der Waals surface area contributed by atoms with Gasteiger partial charge in [0, 0.05) is 25.6 Å². The SMILES string of the molecule is CCOC(=O)c1cnc2ccc(C)cc2c1N(C)Cc1noc(C)n1. The van der Waals surface area contributed by atoms with Crippen LogP contribution in [0.25, 0.3) is 10.9 Å². The number of aromatic nitrogens is 3. The van der Waals surface area contributed by atoms with Gasteiger partial charge in [-0.05, 0) is 26.0 Å². The summed E-state index contributed by atoms with van der Waals surface area (Å²) in [5.41, 5.74) is 3.06. The van der Waals surface area contributed by atoms with Crippen LogP contribution in [0.1, 0.15) is 34.6 Å². The van der Waals surface area contributed by atoms with Gasteiger partial charge >= 0.3 is 5.97 Å². The second kappa shape index (κ2) is 6.88. The van der Waals surface area contributed by atoms with E-state index >= 15 is 0 Å². The summed E-state index contributed by atoms with van der Waals surface area (Å²) >= 11 is 0. The van der Waals surface area contributed by atoms with Crippen LogP contribution in [0, 0.1) is 13.8 Å². The highest BCUT2D eigenvalue weighted by Gasteiger charge is 2.21. The second-order valence-corrected chi connectivity index (χ2v) is 5.85. The molecule has 0 N–H and O–H groups in total. The Morgan fingerprint density at radius 3 is 2.80 bits per heavy atom. The fourth-order valence-electron chi connectivity index (χ4n) is 2.76. The molecular formula is C18H20N4O3. The van der Waals surface area contributed by atoms with E-state index < -0.39 is 5.97 Å². The standard InChI is InChI=1S/C18H20N4O3/c1-5-24-18(23)14-9-19-15-7-6-11(2)8-13(15)17(14)22(4)10-16-20-12(3)25-21-16/h6-9H,5,10H2,1-4H3. The van der Waals surface area contributed by atoms with Gasteiger partial charge in [0.05, 0.1) is 24.4 Å². The van der Waals surface area contributed by atoms with Crippen molar-refractivity contribution < 1.29 is 14.1 Å². The Kier molecular flexibility index (Phi) is 4.65. The zero-order valence-electron chi connectivity index (χ0n) is 14.7. The molecule has 2 heterocycles. The molecule has 0 aliphatic rings. The number of pyridine rings is 1. The molecule has 0 amide bonds. The summed E-state index contributed by atoms with van der Waals surface area (Å²) in [6, 6.07) is 5.94. The number of carbonyl (C=O) groups is 1. The Balaban J connectivity index is 2.12. The number of benzene rings is 1. The molecule has 1 aromatic carbocycles. The Hall–Kier alpha value is -2.96. The lowest BCUT2D eigenvalue weighted by atomic mass is 10.1. The molecule has 0 saturated carbocycles. The second-order valence-electron chi connectivity index (χ2n) is 5.85. The maximum atomic E-state index is 12.4. The third-order valence-electron chi connectivity index (χ3n) is 3.82. The number of hydrogen-bond donors (Lipinski definition) is 0. The van der Waals surface area contributed by atoms with E-state index in [2.05, 4.69) is 15.1 Å². The molecule has 0 saturated heterocycles. The highest BCUT2D eigenvalue weighted by Crippen LogP contribution is 2.31. The summed E-state index contributed by atoms with van der Waals surface area (Å²) in [7, 11) is 1.88. The summed E-state index contributed by atoms with van der Waals surface area (Å²) < 4.78 is 10.2. The average molecular weight is 340 g/mol. The minimum atomic E-state index is -0.399. The highest BCUT2D eigenvalue weighted by atomic mass is 16.5. The third-order valence-corrected chi connectivity index (χ3v) is 3.82. The van der Waals surface area contributed by atoms with E-state index in [1.165, 1.54) is 0 Å². The normalized spacial score (nSPS) is 10.9. The summed E-state index contributed by atoms with van der Waals surface area (Å²) in [5.74, 6) is 0.654. The van der Waals surface area contributed by atoms with Crippen LogP contribution in [0.15, 0.2) is 28.9 Å². The molecule has 0 radical (unpaired) electrons. The molecular weight excluding hydrogens is 320 g/mol. The van der Waals surface area contributed by atoms with Gasteiger partial charge in [-0.25, -0.2) is 4.79 Å². The van der Waals surface area contributed by atoms with Gasteiger partial charge in [0.15, 0.2) is 5.82 Å². The third kappa shape index (κ3) is 3.45. The van der Waals surface area contributed by atoms with Crippen molar-refractivity contribution in [3.63, 3.8) is 0 Å². The molecule has 2 aromatic heterocycles. The van der Waals surface area contributed by atoms with Gasteiger partial charge in [0.1, 0.15) is 5.56 Å². The number of nitrogens with zero attached hydrogens (tertiary/aromatic N) is 4. The fraction of sp³-hybridized carbons (Fsp3) is 0.333. The van der Waals surface area contributed by atoms with E-state index in [0.29, 0.717) is 30.4 Å². The molecule has 0 fully saturated rings. The Bertz CT molecular complexity index is 920. The first kappa shape index (κ1) is 16.9. The minimum Gasteiger partial charge on any atom is -0.462 e. The minimum absolute atomic E-state index is 0.303. The van der Waals surface area contributed by atoms with Crippen molar-refractivity contribution in [2.75, 3.05) is 18.6 Å². The quantitative estimate of drug-likeness (QED) is 0.660. The van der Waals surface area contributed by atoms with Crippen LogP contribution >= 0.6 is 0 Å². The molecule has 130 valence electrons. The van der Waals surface area contributed by atoms with E-state index in [1.807, 2.05) is 37.1 Å². The number of aryl methyl sites for hydroxylation is 2. The maximum Gasteiger partial charge on any atom is 0.341 e. The fourth-order valence-corrected chi connectivity index (χ4v) is 2.76. The summed E-state index contributed by atoms with van der Waals surface area (Å²) in [6.45, 7) is 6.23. The predicted octanol–water partition coefficient (Wildman–Crippen LogP) is 3.05. The molecule has 7 heteroatoms. The van der Waals surface area contributed by atoms with Crippen molar-refractivity contribution in [1.29, 1.82) is 0 Å². The number of rotatable bonds is 5. The van der Waals surface area contributed by atoms with E-state index in [-0.39, 0.29) is 0 Å². The van der Waals surface area contributed by atoms with E-state index in [0.717, 1.165) is 22.2 Å². The molecule has 3 rings (SSSR count). The van der Waals surface area contributed by atoms with E-state index in [4.69, 9.17) is 9.26 Å². The Labute approximate surface area is 145 Å². The largest absolute Gasteiger partial charge is 0.462 e. The number of anilines is 1. The van der Waals surface area contributed by atoms with Crippen LogP contribution in [-0.2, 0) is 11.3 Å². The van der Waals surface area contributed by atoms with Crippen molar-refractivity contribution in [1.82, 2.24) is 15.1 Å². The zero-order valence-corrected chi connectivity index (χ0v) is 14.7. The van der Waals surface area contributed by atoms with Crippen LogP contribution in [0.3, 0.4) is 0 Å². The lowest BCUT2D eigenvalue weighted by Crippen LogP contribution is -2.21. The highest BCUT2D eigenvalue weighted by molar-refractivity contribution is 6.05. The first-order chi connectivity index (χ1) is 12.0. The Morgan fingerprint density at radius 1 is 1.32 bits per heavy atom. The molecule has 0 atom stereocenters. The molecule has 0 spiro atoms. The average Bonchev–Trinajstić information content (AvgIpc) is 2.98. The lowest BCUT2D eigenvalue weighted by Gasteiger charge is -2.22. The number of esters is 1. The molecule has 0 aliphatic heterocycles. The van der Waals surface area contributed by atoms with Crippen LogP contribution in [-0.4, -0.2) is 34.7 Å². The molecule has 0 bridgehead atoms. The van der Waals surface area contributed by atoms with Crippen LogP contribution in [0.4, 0.5) is 5.69 Å². The number of carbonyl (C=O) groups excluding carboxylic acids is 1. The number of ether oxygens (including phenoxy) is 1. The van der Waals surface area contributed by atoms with Gasteiger partial charge in [-0.2, -0.15) is 4.98 Å². The van der Waals surface area contributed by atoms with E-state index in [1.54, 1.807) is 20.0 Å². The Morgan fingerprint density at radius 2 is 2.12 bits per heavy atom. The predicted molar refractivity (Wildman–Crippen MR) is 93.6 cm³/mol. The van der Waals surface area contributed by atoms with Crippen molar-refractivity contribution >= 4 is 22.6 Å². The van der Waals surface area contributed by atoms with Gasteiger partial charge in [-0.1, -0.05) is 16.8 Å². The van der Waals surface area contributed by atoms with Crippen LogP contribution in [0.5, 0.6) is 0 Å². The molecule has 25 heavy (non-hydrogen) atoms. The van der Waals surface area contributed by atoms with Gasteiger partial charge in [-0.3, -0.25) is 4.98 Å². The topological polar surface area (TPSA) is 81.4 Å². The van der Waals surface area contributed by atoms with Gasteiger partial charge in [0.2, 0.25) is 5.89 Å². The van der Waals surface area contributed by atoms with Crippen molar-refractivity contribution in [2.45, 2.75) is 27.3 Å². The summed E-state index contributed by atoms with van der Waals surface area (Å²) in [6.07, 6.45) is 1.56. The number of fused-ring (bicyclic) bond motifs is 1. The first-order valence-electron chi connectivity index (χ1n) is 8.06. The van der Waals surface area contributed by atoms with Crippen molar-refractivity contribution in [3.05, 3.63) is 47.2 Å². The van der Waals surface area contributed by atoms with E-state index in [9.17, 15) is 4.79 Å². The molecule has 0 aliphatic carbocycles. The molecule has 0 unspecified atom stereocenters. The smallest absolute Gasteiger partial charge is 0.341 e. The van der Waals surface area contributed by atoms with Gasteiger partial charge < -0.3 is 14.2 Å². The first-order valence-corrected chi connectivity index (χ1v) is 8.06. The molecule has 7 nitrogen and oxygen atoms in total. The maximum absolute atomic E-state index is 12.4. The zero-order chi connectivity index (χ0) is 18.0. The van der Waals surface area contributed by atoms with Gasteiger partial charge in [-0.15, -0.1) is 0 Å². The monoisotopic (exact) mass is 340 g/mol. The van der Waals surface area contributed by atoms with Crippen molar-refractivity contribution in [2.24, 2.45) is 0 Å². The number of hydrogen-bond acceptors (Lipinski definition) is 7.